The van der Waals surface area contributed by atoms with E-state index in [1.165, 1.54) is 13.2 Å². The highest BCUT2D eigenvalue weighted by Crippen LogP contribution is 2.23. The normalized spacial score (nSPS) is 10.6. The van der Waals surface area contributed by atoms with Crippen molar-refractivity contribution in [3.63, 3.8) is 0 Å². The number of rotatable bonds is 5. The second kappa shape index (κ2) is 7.26. The molecule has 21 heavy (non-hydrogen) atoms. The lowest BCUT2D eigenvalue weighted by Crippen LogP contribution is -1.93. The summed E-state index contributed by atoms with van der Waals surface area (Å²) in [5.74, 6) is 0.954. The SMILES string of the molecule is COC(=O)C=Cc1ccc(Oc2cccc(CO)c2)cc1. The highest BCUT2D eigenvalue weighted by Gasteiger charge is 1.99. The maximum atomic E-state index is 11.0. The first-order chi connectivity index (χ1) is 10.2. The second-order valence-electron chi connectivity index (χ2n) is 4.33. The van der Waals surface area contributed by atoms with E-state index in [1.54, 1.807) is 12.1 Å². The van der Waals surface area contributed by atoms with Gasteiger partial charge in [-0.05, 0) is 41.5 Å². The zero-order chi connectivity index (χ0) is 15.1. The van der Waals surface area contributed by atoms with E-state index < -0.39 is 5.97 Å². The molecule has 0 amide bonds. The van der Waals surface area contributed by atoms with Crippen LogP contribution in [0.25, 0.3) is 6.08 Å². The first kappa shape index (κ1) is 14.8. The fourth-order valence-electron chi connectivity index (χ4n) is 1.72. The molecule has 0 unspecified atom stereocenters. The van der Waals surface area contributed by atoms with Crippen molar-refractivity contribution in [1.29, 1.82) is 0 Å². The van der Waals surface area contributed by atoms with Crippen LogP contribution in [0.3, 0.4) is 0 Å². The molecule has 0 aliphatic carbocycles. The molecule has 4 nitrogen and oxygen atoms in total. The van der Waals surface area contributed by atoms with Crippen LogP contribution in [0.1, 0.15) is 11.1 Å². The van der Waals surface area contributed by atoms with E-state index in [-0.39, 0.29) is 6.61 Å². The van der Waals surface area contributed by atoms with Crippen molar-refractivity contribution in [2.45, 2.75) is 6.61 Å². The molecule has 0 spiro atoms. The summed E-state index contributed by atoms with van der Waals surface area (Å²) < 4.78 is 10.2. The van der Waals surface area contributed by atoms with Gasteiger partial charge in [0.05, 0.1) is 13.7 Å². The molecule has 0 bridgehead atoms. The van der Waals surface area contributed by atoms with E-state index in [4.69, 9.17) is 9.84 Å². The van der Waals surface area contributed by atoms with Gasteiger partial charge in [-0.15, -0.1) is 0 Å². The van der Waals surface area contributed by atoms with Gasteiger partial charge in [0, 0.05) is 6.08 Å². The topological polar surface area (TPSA) is 55.8 Å². The Labute approximate surface area is 123 Å². The number of aliphatic hydroxyl groups is 1. The molecule has 2 aromatic rings. The predicted octanol–water partition coefficient (Wildman–Crippen LogP) is 3.16. The summed E-state index contributed by atoms with van der Waals surface area (Å²) in [6.07, 6.45) is 3.03. The zero-order valence-electron chi connectivity index (χ0n) is 11.7. The Morgan fingerprint density at radius 2 is 1.90 bits per heavy atom. The van der Waals surface area contributed by atoms with Crippen LogP contribution in [0.2, 0.25) is 0 Å². The second-order valence-corrected chi connectivity index (χ2v) is 4.33. The molecule has 0 saturated heterocycles. The Morgan fingerprint density at radius 1 is 1.14 bits per heavy atom. The fraction of sp³-hybridized carbons (Fsp3) is 0.118. The Bertz CT molecular complexity index is 629. The summed E-state index contributed by atoms with van der Waals surface area (Å²) in [5, 5.41) is 9.09. The predicted molar refractivity (Wildman–Crippen MR) is 79.9 cm³/mol. The minimum Gasteiger partial charge on any atom is -0.466 e. The van der Waals surface area contributed by atoms with Crippen molar-refractivity contribution in [3.8, 4) is 11.5 Å². The van der Waals surface area contributed by atoms with Crippen molar-refractivity contribution >= 4 is 12.0 Å². The van der Waals surface area contributed by atoms with Gasteiger partial charge in [-0.2, -0.15) is 0 Å². The average molecular weight is 284 g/mol. The summed E-state index contributed by atoms with van der Waals surface area (Å²) in [7, 11) is 1.34. The molecule has 0 heterocycles. The lowest BCUT2D eigenvalue weighted by atomic mass is 10.2. The molecule has 0 aromatic heterocycles. The van der Waals surface area contributed by atoms with Crippen LogP contribution in [0.15, 0.2) is 54.6 Å². The van der Waals surface area contributed by atoms with E-state index in [9.17, 15) is 4.79 Å². The monoisotopic (exact) mass is 284 g/mol. The van der Waals surface area contributed by atoms with E-state index in [1.807, 2.05) is 42.5 Å². The van der Waals surface area contributed by atoms with E-state index in [0.717, 1.165) is 11.1 Å². The van der Waals surface area contributed by atoms with Gasteiger partial charge < -0.3 is 14.6 Å². The van der Waals surface area contributed by atoms with Crippen molar-refractivity contribution in [3.05, 3.63) is 65.7 Å². The molecule has 0 aliphatic heterocycles. The van der Waals surface area contributed by atoms with E-state index >= 15 is 0 Å². The van der Waals surface area contributed by atoms with Crippen molar-refractivity contribution in [1.82, 2.24) is 0 Å². The summed E-state index contributed by atoms with van der Waals surface area (Å²) in [5.41, 5.74) is 1.67. The van der Waals surface area contributed by atoms with E-state index in [2.05, 4.69) is 4.74 Å². The average Bonchev–Trinajstić information content (AvgIpc) is 2.54. The molecule has 108 valence electrons. The minimum atomic E-state index is -0.392. The van der Waals surface area contributed by atoms with Gasteiger partial charge in [0.1, 0.15) is 11.5 Å². The molecular weight excluding hydrogens is 268 g/mol. The van der Waals surface area contributed by atoms with Crippen LogP contribution in [-0.2, 0) is 16.1 Å². The summed E-state index contributed by atoms with van der Waals surface area (Å²) >= 11 is 0. The molecule has 0 aliphatic rings. The molecule has 2 aromatic carbocycles. The van der Waals surface area contributed by atoms with Crippen LogP contribution in [0.5, 0.6) is 11.5 Å². The van der Waals surface area contributed by atoms with Crippen LogP contribution >= 0.6 is 0 Å². The molecule has 0 radical (unpaired) electrons. The molecule has 1 N–H and O–H groups in total. The molecule has 0 fully saturated rings. The fourth-order valence-corrected chi connectivity index (χ4v) is 1.72. The van der Waals surface area contributed by atoms with Gasteiger partial charge in [0.2, 0.25) is 0 Å². The number of ether oxygens (including phenoxy) is 2. The van der Waals surface area contributed by atoms with Gasteiger partial charge >= 0.3 is 5.97 Å². The van der Waals surface area contributed by atoms with Crippen molar-refractivity contribution in [2.24, 2.45) is 0 Å². The van der Waals surface area contributed by atoms with Gasteiger partial charge in [-0.3, -0.25) is 0 Å². The highest BCUT2D eigenvalue weighted by atomic mass is 16.5. The van der Waals surface area contributed by atoms with Crippen LogP contribution in [0, 0.1) is 0 Å². The Morgan fingerprint density at radius 3 is 2.57 bits per heavy atom. The number of hydrogen-bond donors (Lipinski definition) is 1. The quantitative estimate of drug-likeness (QED) is 0.677. The largest absolute Gasteiger partial charge is 0.466 e. The third-order valence-electron chi connectivity index (χ3n) is 2.81. The summed E-state index contributed by atoms with van der Waals surface area (Å²) in [4.78, 5) is 11.0. The van der Waals surface area contributed by atoms with Gasteiger partial charge in [0.25, 0.3) is 0 Å². The number of aliphatic hydroxyl groups excluding tert-OH is 1. The number of methoxy groups -OCH3 is 1. The Balaban J connectivity index is 2.05. The standard InChI is InChI=1S/C17H16O4/c1-20-17(19)10-7-13-5-8-15(9-6-13)21-16-4-2-3-14(11-16)12-18/h2-11,18H,12H2,1H3. The third kappa shape index (κ3) is 4.47. The van der Waals surface area contributed by atoms with E-state index in [0.29, 0.717) is 11.5 Å². The first-order valence-electron chi connectivity index (χ1n) is 6.45. The highest BCUT2D eigenvalue weighted by molar-refractivity contribution is 5.86. The maximum Gasteiger partial charge on any atom is 0.330 e. The van der Waals surface area contributed by atoms with Crippen LogP contribution < -0.4 is 4.74 Å². The molecule has 2 rings (SSSR count). The van der Waals surface area contributed by atoms with Crippen molar-refractivity contribution < 1.29 is 19.4 Å². The van der Waals surface area contributed by atoms with Crippen LogP contribution in [0.4, 0.5) is 0 Å². The third-order valence-corrected chi connectivity index (χ3v) is 2.81. The minimum absolute atomic E-state index is 0.0194. The lowest BCUT2D eigenvalue weighted by molar-refractivity contribution is -0.134. The van der Waals surface area contributed by atoms with Crippen LogP contribution in [-0.4, -0.2) is 18.2 Å². The Kier molecular flexibility index (Phi) is 5.12. The Hall–Kier alpha value is -2.59. The molecule has 0 atom stereocenters. The first-order valence-corrected chi connectivity index (χ1v) is 6.45. The molecule has 0 saturated carbocycles. The number of hydrogen-bond acceptors (Lipinski definition) is 4. The van der Waals surface area contributed by atoms with Crippen molar-refractivity contribution in [2.75, 3.05) is 7.11 Å². The summed E-state index contributed by atoms with van der Waals surface area (Å²) in [6.45, 7) is -0.0194. The van der Waals surface area contributed by atoms with Gasteiger partial charge in [-0.1, -0.05) is 24.3 Å². The van der Waals surface area contributed by atoms with Gasteiger partial charge in [0.15, 0.2) is 0 Å². The number of carbonyl (C=O) groups is 1. The van der Waals surface area contributed by atoms with Gasteiger partial charge in [-0.25, -0.2) is 4.79 Å². The number of esters is 1. The summed E-state index contributed by atoms with van der Waals surface area (Å²) in [6, 6.07) is 14.6. The number of carbonyl (C=O) groups excluding carboxylic acids is 1. The number of benzene rings is 2. The zero-order valence-corrected chi connectivity index (χ0v) is 11.7. The molecular formula is C17H16O4. The lowest BCUT2D eigenvalue weighted by Gasteiger charge is -2.07. The molecule has 4 heteroatoms. The smallest absolute Gasteiger partial charge is 0.330 e. The maximum absolute atomic E-state index is 11.0.